The van der Waals surface area contributed by atoms with Crippen LogP contribution in [0, 0.1) is 0 Å². The largest absolute Gasteiger partial charge is 0.434 e. The normalized spacial score (nSPS) is 11.1. The highest BCUT2D eigenvalue weighted by atomic mass is 35.5. The minimum Gasteiger partial charge on any atom is -0.434 e. The molecule has 0 saturated heterocycles. The van der Waals surface area contributed by atoms with Gasteiger partial charge in [0.15, 0.2) is 5.58 Å². The fraction of sp³-hybridized carbons (Fsp3) is 0. The zero-order valence-corrected chi connectivity index (χ0v) is 11.2. The van der Waals surface area contributed by atoms with E-state index in [1.165, 1.54) is 0 Å². The van der Waals surface area contributed by atoms with Crippen LogP contribution in [0.5, 0.6) is 0 Å². The molecule has 0 aliphatic heterocycles. The average molecular weight is 294 g/mol. The zero-order chi connectivity index (χ0) is 13.6. The molecule has 2 aromatic carbocycles. The Kier molecular flexibility index (Phi) is 2.77. The maximum atomic E-state index is 6.06. The van der Waals surface area contributed by atoms with Gasteiger partial charge in [-0.2, -0.15) is 0 Å². The summed E-state index contributed by atoms with van der Waals surface area (Å²) in [6, 6.07) is 8.56. The first-order valence-electron chi connectivity index (χ1n) is 5.46. The molecule has 0 fully saturated rings. The van der Waals surface area contributed by atoms with E-state index in [1.54, 1.807) is 30.3 Å². The van der Waals surface area contributed by atoms with Gasteiger partial charge in [-0.15, -0.1) is 0 Å². The summed E-state index contributed by atoms with van der Waals surface area (Å²) in [5.41, 5.74) is 14.3. The second-order valence-corrected chi connectivity index (χ2v) is 4.91. The predicted molar refractivity (Wildman–Crippen MR) is 78.3 cm³/mol. The van der Waals surface area contributed by atoms with E-state index >= 15 is 0 Å². The number of nitrogens with zero attached hydrogens (tertiary/aromatic N) is 1. The molecule has 0 radical (unpaired) electrons. The SMILES string of the molecule is Nc1cccc(-c2nc3cc(Cl)cc(Cl)c3o2)c1N. The highest BCUT2D eigenvalue weighted by molar-refractivity contribution is 6.38. The number of para-hydroxylation sites is 1. The number of fused-ring (bicyclic) bond motifs is 1. The van der Waals surface area contributed by atoms with Crippen molar-refractivity contribution in [2.45, 2.75) is 0 Å². The van der Waals surface area contributed by atoms with Gasteiger partial charge in [0.05, 0.1) is 22.0 Å². The van der Waals surface area contributed by atoms with E-state index in [0.717, 1.165) is 0 Å². The van der Waals surface area contributed by atoms with Crippen LogP contribution in [-0.4, -0.2) is 4.98 Å². The highest BCUT2D eigenvalue weighted by Crippen LogP contribution is 2.35. The molecule has 0 aliphatic carbocycles. The zero-order valence-electron chi connectivity index (χ0n) is 9.65. The molecular weight excluding hydrogens is 285 g/mol. The van der Waals surface area contributed by atoms with Gasteiger partial charge in [-0.25, -0.2) is 4.98 Å². The monoisotopic (exact) mass is 293 g/mol. The topological polar surface area (TPSA) is 78.1 Å². The lowest BCUT2D eigenvalue weighted by atomic mass is 10.1. The molecule has 0 unspecified atom stereocenters. The van der Waals surface area contributed by atoms with Gasteiger partial charge in [0.1, 0.15) is 5.52 Å². The summed E-state index contributed by atoms with van der Waals surface area (Å²) < 4.78 is 5.64. The minimum atomic E-state index is 0.365. The number of halogens is 2. The first-order chi connectivity index (χ1) is 9.06. The highest BCUT2D eigenvalue weighted by Gasteiger charge is 2.14. The molecule has 0 amide bonds. The van der Waals surface area contributed by atoms with E-state index in [9.17, 15) is 0 Å². The Balaban J connectivity index is 2.26. The number of anilines is 2. The number of oxazole rings is 1. The summed E-state index contributed by atoms with van der Waals surface area (Å²) in [5.74, 6) is 0.365. The summed E-state index contributed by atoms with van der Waals surface area (Å²) in [7, 11) is 0. The predicted octanol–water partition coefficient (Wildman–Crippen LogP) is 3.97. The smallest absolute Gasteiger partial charge is 0.229 e. The van der Waals surface area contributed by atoms with Crippen molar-refractivity contribution in [3.05, 3.63) is 40.4 Å². The third-order valence-electron chi connectivity index (χ3n) is 2.78. The molecule has 3 aromatic rings. The minimum absolute atomic E-state index is 0.365. The van der Waals surface area contributed by atoms with E-state index in [4.69, 9.17) is 39.1 Å². The molecule has 1 aromatic heterocycles. The quantitative estimate of drug-likeness (QED) is 0.666. The molecule has 0 aliphatic rings. The molecule has 4 nitrogen and oxygen atoms in total. The average Bonchev–Trinajstić information content (AvgIpc) is 2.76. The van der Waals surface area contributed by atoms with Crippen LogP contribution in [0.15, 0.2) is 34.7 Å². The molecule has 3 rings (SSSR count). The van der Waals surface area contributed by atoms with Gasteiger partial charge >= 0.3 is 0 Å². The Labute approximate surface area is 118 Å². The van der Waals surface area contributed by atoms with E-state index in [1.807, 2.05) is 0 Å². The van der Waals surface area contributed by atoms with Gasteiger partial charge in [0.25, 0.3) is 0 Å². The Bertz CT molecular complexity index is 783. The lowest BCUT2D eigenvalue weighted by Gasteiger charge is -2.03. The fourth-order valence-electron chi connectivity index (χ4n) is 1.84. The van der Waals surface area contributed by atoms with Crippen LogP contribution >= 0.6 is 23.2 Å². The fourth-order valence-corrected chi connectivity index (χ4v) is 2.37. The molecule has 0 bridgehead atoms. The third kappa shape index (κ3) is 1.99. The van der Waals surface area contributed by atoms with Crippen LogP contribution in [0.3, 0.4) is 0 Å². The first kappa shape index (κ1) is 12.1. The van der Waals surface area contributed by atoms with Crippen LogP contribution < -0.4 is 11.5 Å². The molecule has 0 atom stereocenters. The molecule has 1 heterocycles. The van der Waals surface area contributed by atoms with Crippen molar-refractivity contribution in [1.29, 1.82) is 0 Å². The van der Waals surface area contributed by atoms with Gasteiger partial charge in [0, 0.05) is 5.02 Å². The van der Waals surface area contributed by atoms with Crippen LogP contribution in [-0.2, 0) is 0 Å². The number of rotatable bonds is 1. The van der Waals surface area contributed by atoms with Gasteiger partial charge < -0.3 is 15.9 Å². The molecular formula is C13H9Cl2N3O. The summed E-state index contributed by atoms with van der Waals surface area (Å²) in [4.78, 5) is 4.34. The second kappa shape index (κ2) is 4.33. The van der Waals surface area contributed by atoms with Crippen LogP contribution in [0.25, 0.3) is 22.6 Å². The Morgan fingerprint density at radius 2 is 1.89 bits per heavy atom. The van der Waals surface area contributed by atoms with Crippen LogP contribution in [0.2, 0.25) is 10.0 Å². The molecule has 19 heavy (non-hydrogen) atoms. The summed E-state index contributed by atoms with van der Waals surface area (Å²) in [5, 5.41) is 0.904. The Hall–Kier alpha value is -1.91. The van der Waals surface area contributed by atoms with E-state index in [0.29, 0.717) is 44.0 Å². The maximum absolute atomic E-state index is 6.06. The summed E-state index contributed by atoms with van der Waals surface area (Å²) in [6.07, 6.45) is 0. The number of benzene rings is 2. The van der Waals surface area contributed by atoms with E-state index in [-0.39, 0.29) is 0 Å². The second-order valence-electron chi connectivity index (χ2n) is 4.06. The van der Waals surface area contributed by atoms with Crippen molar-refractivity contribution in [3.8, 4) is 11.5 Å². The number of hydrogen-bond donors (Lipinski definition) is 2. The van der Waals surface area contributed by atoms with Gasteiger partial charge in [-0.05, 0) is 24.3 Å². The van der Waals surface area contributed by atoms with Gasteiger partial charge in [0.2, 0.25) is 5.89 Å². The summed E-state index contributed by atoms with van der Waals surface area (Å²) >= 11 is 12.0. The summed E-state index contributed by atoms with van der Waals surface area (Å²) in [6.45, 7) is 0. The Morgan fingerprint density at radius 3 is 2.68 bits per heavy atom. The number of aromatic nitrogens is 1. The third-order valence-corrected chi connectivity index (χ3v) is 3.28. The van der Waals surface area contributed by atoms with E-state index in [2.05, 4.69) is 4.98 Å². The number of nitrogen functional groups attached to an aromatic ring is 2. The standard InChI is InChI=1S/C13H9Cl2N3O/c14-6-4-8(15)12-10(5-6)18-13(19-12)7-2-1-3-9(16)11(7)17/h1-5H,16-17H2. The number of hydrogen-bond acceptors (Lipinski definition) is 4. The van der Waals surface area contributed by atoms with Crippen molar-refractivity contribution >= 4 is 45.7 Å². The van der Waals surface area contributed by atoms with Crippen molar-refractivity contribution in [3.63, 3.8) is 0 Å². The molecule has 6 heteroatoms. The van der Waals surface area contributed by atoms with Gasteiger partial charge in [-0.3, -0.25) is 0 Å². The van der Waals surface area contributed by atoms with Crippen molar-refractivity contribution in [2.75, 3.05) is 11.5 Å². The van der Waals surface area contributed by atoms with Crippen molar-refractivity contribution < 1.29 is 4.42 Å². The molecule has 0 saturated carbocycles. The lowest BCUT2D eigenvalue weighted by Crippen LogP contribution is -1.96. The maximum Gasteiger partial charge on any atom is 0.229 e. The van der Waals surface area contributed by atoms with Crippen molar-refractivity contribution in [1.82, 2.24) is 4.98 Å². The van der Waals surface area contributed by atoms with Crippen LogP contribution in [0.4, 0.5) is 11.4 Å². The van der Waals surface area contributed by atoms with Crippen molar-refractivity contribution in [2.24, 2.45) is 0 Å². The molecule has 4 N–H and O–H groups in total. The molecule has 0 spiro atoms. The van der Waals surface area contributed by atoms with Gasteiger partial charge in [-0.1, -0.05) is 29.3 Å². The Morgan fingerprint density at radius 1 is 1.11 bits per heavy atom. The van der Waals surface area contributed by atoms with Crippen LogP contribution in [0.1, 0.15) is 0 Å². The molecule has 96 valence electrons. The first-order valence-corrected chi connectivity index (χ1v) is 6.22. The number of nitrogens with two attached hydrogens (primary N) is 2. The lowest BCUT2D eigenvalue weighted by molar-refractivity contribution is 0.620. The van der Waals surface area contributed by atoms with E-state index < -0.39 is 0 Å².